The third-order valence-corrected chi connectivity index (χ3v) is 4.09. The van der Waals surface area contributed by atoms with Gasteiger partial charge in [0.2, 0.25) is 0 Å². The van der Waals surface area contributed by atoms with E-state index in [4.69, 9.17) is 0 Å². The molecular formula is C15H23NO. The fourth-order valence-corrected chi connectivity index (χ4v) is 2.86. The van der Waals surface area contributed by atoms with E-state index in [0.29, 0.717) is 23.6 Å². The molecule has 1 aromatic carbocycles. The third kappa shape index (κ3) is 2.74. The van der Waals surface area contributed by atoms with Crippen LogP contribution in [0.4, 0.5) is 5.69 Å². The van der Waals surface area contributed by atoms with Crippen LogP contribution >= 0.6 is 0 Å². The predicted octanol–water partition coefficient (Wildman–Crippen LogP) is 3.94. The summed E-state index contributed by atoms with van der Waals surface area (Å²) in [6.07, 6.45) is 3.96. The van der Waals surface area contributed by atoms with Crippen LogP contribution in [0.3, 0.4) is 0 Å². The molecule has 2 nitrogen and oxygen atoms in total. The average molecular weight is 233 g/mol. The van der Waals surface area contributed by atoms with Crippen molar-refractivity contribution < 1.29 is 5.11 Å². The van der Waals surface area contributed by atoms with Crippen molar-refractivity contribution in [2.24, 2.45) is 11.8 Å². The molecule has 2 heteroatoms. The van der Waals surface area contributed by atoms with Gasteiger partial charge in [-0.2, -0.15) is 0 Å². The van der Waals surface area contributed by atoms with Crippen molar-refractivity contribution in [3.63, 3.8) is 0 Å². The van der Waals surface area contributed by atoms with E-state index < -0.39 is 0 Å². The summed E-state index contributed by atoms with van der Waals surface area (Å²) < 4.78 is 0. The summed E-state index contributed by atoms with van der Waals surface area (Å²) in [4.78, 5) is 0. The minimum atomic E-state index is 0.381. The molecule has 0 aromatic heterocycles. The lowest BCUT2D eigenvalue weighted by Gasteiger charge is -2.36. The van der Waals surface area contributed by atoms with E-state index in [9.17, 15) is 5.11 Å². The number of anilines is 1. The molecule has 2 N–H and O–H groups in total. The fourth-order valence-electron chi connectivity index (χ4n) is 2.86. The Hall–Kier alpha value is -1.18. The van der Waals surface area contributed by atoms with Gasteiger partial charge in [-0.15, -0.1) is 0 Å². The molecule has 0 amide bonds. The highest BCUT2D eigenvalue weighted by atomic mass is 16.3. The Morgan fingerprint density at radius 2 is 1.82 bits per heavy atom. The summed E-state index contributed by atoms with van der Waals surface area (Å²) in [6, 6.07) is 6.40. The van der Waals surface area contributed by atoms with Gasteiger partial charge in [0.15, 0.2) is 0 Å². The van der Waals surface area contributed by atoms with Gasteiger partial charge in [0.05, 0.1) is 0 Å². The summed E-state index contributed by atoms with van der Waals surface area (Å²) in [5.41, 5.74) is 1.97. The highest BCUT2D eigenvalue weighted by molar-refractivity contribution is 5.51. The second-order valence-electron chi connectivity index (χ2n) is 5.56. The molecule has 2 unspecified atom stereocenters. The van der Waals surface area contributed by atoms with Crippen LogP contribution in [-0.2, 0) is 0 Å². The van der Waals surface area contributed by atoms with Crippen molar-refractivity contribution in [3.05, 3.63) is 23.8 Å². The van der Waals surface area contributed by atoms with E-state index in [-0.39, 0.29) is 0 Å². The summed E-state index contributed by atoms with van der Waals surface area (Å²) in [7, 11) is 0. The van der Waals surface area contributed by atoms with Crippen LogP contribution < -0.4 is 5.32 Å². The number of aromatic hydroxyl groups is 1. The van der Waals surface area contributed by atoms with Gasteiger partial charge in [-0.1, -0.05) is 26.3 Å². The smallest absolute Gasteiger partial charge is 0.120 e. The van der Waals surface area contributed by atoms with E-state index in [0.717, 1.165) is 11.3 Å². The monoisotopic (exact) mass is 233 g/mol. The van der Waals surface area contributed by atoms with Crippen molar-refractivity contribution >= 4 is 5.69 Å². The van der Waals surface area contributed by atoms with Gasteiger partial charge in [0.25, 0.3) is 0 Å². The average Bonchev–Trinajstić information content (AvgIpc) is 2.28. The standard InChI is InChI=1S/C15H23NO/c1-10-7-8-13(9-14(10)17)16-15-11(2)5-4-6-12(15)3/h7-9,11-12,15-17H,4-6H2,1-3H3. The zero-order valence-corrected chi connectivity index (χ0v) is 11.0. The van der Waals surface area contributed by atoms with Gasteiger partial charge in [-0.3, -0.25) is 0 Å². The topological polar surface area (TPSA) is 32.3 Å². The van der Waals surface area contributed by atoms with Crippen LogP contribution in [0.2, 0.25) is 0 Å². The molecule has 17 heavy (non-hydrogen) atoms. The molecule has 0 spiro atoms. The van der Waals surface area contributed by atoms with Crippen LogP contribution in [0.1, 0.15) is 38.7 Å². The van der Waals surface area contributed by atoms with Gasteiger partial charge < -0.3 is 10.4 Å². The molecule has 94 valence electrons. The fraction of sp³-hybridized carbons (Fsp3) is 0.600. The Balaban J connectivity index is 2.10. The van der Waals surface area contributed by atoms with Crippen molar-refractivity contribution in [2.75, 3.05) is 5.32 Å². The number of hydrogen-bond acceptors (Lipinski definition) is 2. The molecule has 0 heterocycles. The molecule has 1 fully saturated rings. The molecule has 0 bridgehead atoms. The number of nitrogens with one attached hydrogen (secondary N) is 1. The third-order valence-electron chi connectivity index (χ3n) is 4.09. The maximum Gasteiger partial charge on any atom is 0.120 e. The zero-order chi connectivity index (χ0) is 12.4. The van der Waals surface area contributed by atoms with Crippen LogP contribution in [0.25, 0.3) is 0 Å². The molecule has 0 saturated heterocycles. The van der Waals surface area contributed by atoms with E-state index in [2.05, 4.69) is 25.2 Å². The molecule has 0 aliphatic heterocycles. The molecule has 1 aliphatic carbocycles. The van der Waals surface area contributed by atoms with Crippen LogP contribution in [0, 0.1) is 18.8 Å². The Morgan fingerprint density at radius 3 is 2.41 bits per heavy atom. The van der Waals surface area contributed by atoms with E-state index >= 15 is 0 Å². The molecule has 0 radical (unpaired) electrons. The quantitative estimate of drug-likeness (QED) is 0.811. The highest BCUT2D eigenvalue weighted by Gasteiger charge is 2.27. The predicted molar refractivity (Wildman–Crippen MR) is 72.4 cm³/mol. The van der Waals surface area contributed by atoms with Crippen LogP contribution in [0.5, 0.6) is 5.75 Å². The first kappa shape index (κ1) is 12.3. The molecular weight excluding hydrogens is 210 g/mol. The zero-order valence-electron chi connectivity index (χ0n) is 11.0. The normalized spacial score (nSPS) is 29.0. The SMILES string of the molecule is Cc1ccc(NC2C(C)CCCC2C)cc1O. The van der Waals surface area contributed by atoms with E-state index in [1.54, 1.807) is 0 Å². The maximum atomic E-state index is 9.72. The van der Waals surface area contributed by atoms with E-state index in [1.807, 2.05) is 19.1 Å². The van der Waals surface area contributed by atoms with Crippen molar-refractivity contribution in [2.45, 2.75) is 46.1 Å². The van der Waals surface area contributed by atoms with Gasteiger partial charge in [0, 0.05) is 17.8 Å². The lowest BCUT2D eigenvalue weighted by molar-refractivity contribution is 0.268. The number of phenolic OH excluding ortho intramolecular Hbond substituents is 1. The molecule has 1 aromatic rings. The summed E-state index contributed by atoms with van der Waals surface area (Å²) in [5.74, 6) is 1.80. The Bertz CT molecular complexity index is 379. The van der Waals surface area contributed by atoms with Crippen molar-refractivity contribution in [1.29, 1.82) is 0 Å². The Kier molecular flexibility index (Phi) is 3.60. The summed E-state index contributed by atoms with van der Waals surface area (Å²) >= 11 is 0. The maximum absolute atomic E-state index is 9.72. The molecule has 1 aliphatic rings. The van der Waals surface area contributed by atoms with E-state index in [1.165, 1.54) is 19.3 Å². The first-order chi connectivity index (χ1) is 8.08. The van der Waals surface area contributed by atoms with Gasteiger partial charge >= 0.3 is 0 Å². The second-order valence-corrected chi connectivity index (χ2v) is 5.56. The van der Waals surface area contributed by atoms with Crippen LogP contribution in [0.15, 0.2) is 18.2 Å². The largest absolute Gasteiger partial charge is 0.508 e. The number of aryl methyl sites for hydroxylation is 1. The Morgan fingerprint density at radius 1 is 1.18 bits per heavy atom. The van der Waals surface area contributed by atoms with Crippen molar-refractivity contribution in [1.82, 2.24) is 0 Å². The first-order valence-corrected chi connectivity index (χ1v) is 6.64. The van der Waals surface area contributed by atoms with Gasteiger partial charge in [0.1, 0.15) is 5.75 Å². The first-order valence-electron chi connectivity index (χ1n) is 6.64. The molecule has 1 saturated carbocycles. The van der Waals surface area contributed by atoms with Crippen LogP contribution in [-0.4, -0.2) is 11.1 Å². The second kappa shape index (κ2) is 4.99. The van der Waals surface area contributed by atoms with Crippen molar-refractivity contribution in [3.8, 4) is 5.75 Å². The highest BCUT2D eigenvalue weighted by Crippen LogP contribution is 2.32. The number of rotatable bonds is 2. The molecule has 2 rings (SSSR count). The Labute approximate surface area is 104 Å². The number of hydrogen-bond donors (Lipinski definition) is 2. The van der Waals surface area contributed by atoms with Gasteiger partial charge in [-0.25, -0.2) is 0 Å². The lowest BCUT2D eigenvalue weighted by atomic mass is 9.78. The summed E-state index contributed by atoms with van der Waals surface area (Å²) in [5, 5.41) is 13.3. The minimum absolute atomic E-state index is 0.381. The minimum Gasteiger partial charge on any atom is -0.508 e. The number of benzene rings is 1. The lowest BCUT2D eigenvalue weighted by Crippen LogP contribution is -2.37. The summed E-state index contributed by atoms with van der Waals surface area (Å²) in [6.45, 7) is 6.56. The molecule has 2 atom stereocenters. The number of phenols is 1. The van der Waals surface area contributed by atoms with Gasteiger partial charge in [-0.05, 0) is 43.2 Å².